The van der Waals surface area contributed by atoms with Gasteiger partial charge in [-0.1, -0.05) is 0 Å². The maximum Gasteiger partial charge on any atom is 0.338 e. The van der Waals surface area contributed by atoms with Crippen LogP contribution in [0, 0.1) is 10.1 Å². The Balaban J connectivity index is 3.31. The molecule has 0 aliphatic rings. The normalized spacial score (nSPS) is 13.3. The van der Waals surface area contributed by atoms with Gasteiger partial charge in [-0.2, -0.15) is 0 Å². The van der Waals surface area contributed by atoms with E-state index in [1.807, 2.05) is 0 Å². The molecular weight excluding hydrogens is 272 g/mol. The molecule has 108 valence electrons. The van der Waals surface area contributed by atoms with E-state index in [1.54, 1.807) is 0 Å². The molecule has 0 aliphatic heterocycles. The minimum atomic E-state index is -1.96. The number of hydrogen-bond acceptors (Lipinski definition) is 7. The fraction of sp³-hybridized carbons (Fsp3) is 0.273. The van der Waals surface area contributed by atoms with Crippen molar-refractivity contribution in [3.63, 3.8) is 0 Å². The first kappa shape index (κ1) is 15.5. The zero-order valence-electron chi connectivity index (χ0n) is 10.3. The molecule has 1 rings (SSSR count). The number of rotatable bonds is 5. The molecular formula is C11H12N2O7. The Kier molecular flexibility index (Phi) is 4.73. The van der Waals surface area contributed by atoms with Gasteiger partial charge in [0.05, 0.1) is 17.6 Å². The lowest BCUT2D eigenvalue weighted by Gasteiger charge is -2.15. The molecule has 0 aromatic heterocycles. The molecule has 0 aliphatic carbocycles. The average molecular weight is 284 g/mol. The second kappa shape index (κ2) is 6.08. The highest BCUT2D eigenvalue weighted by Gasteiger charge is 2.26. The number of hydrogen-bond donors (Lipinski definition) is 3. The van der Waals surface area contributed by atoms with E-state index in [-0.39, 0.29) is 11.1 Å². The first-order chi connectivity index (χ1) is 9.27. The molecule has 1 aromatic rings. The van der Waals surface area contributed by atoms with E-state index >= 15 is 0 Å². The van der Waals surface area contributed by atoms with Crippen LogP contribution in [0.2, 0.25) is 0 Å². The third-order valence-corrected chi connectivity index (χ3v) is 2.50. The van der Waals surface area contributed by atoms with Crippen molar-refractivity contribution in [2.24, 2.45) is 5.73 Å². The van der Waals surface area contributed by atoms with Gasteiger partial charge in [-0.3, -0.25) is 14.9 Å². The van der Waals surface area contributed by atoms with Crippen molar-refractivity contribution in [3.05, 3.63) is 39.4 Å². The zero-order chi connectivity index (χ0) is 15.4. The summed E-state index contributed by atoms with van der Waals surface area (Å²) in [6, 6.07) is 2.93. The Bertz CT molecular complexity index is 558. The number of nitro groups is 1. The predicted octanol–water partition coefficient (Wildman–Crippen LogP) is -0.739. The smallest absolute Gasteiger partial charge is 0.338 e. The maximum atomic E-state index is 11.4. The first-order valence-corrected chi connectivity index (χ1v) is 5.31. The lowest BCUT2D eigenvalue weighted by Crippen LogP contribution is -2.34. The summed E-state index contributed by atoms with van der Waals surface area (Å²) in [4.78, 5) is 32.1. The molecule has 0 saturated carbocycles. The zero-order valence-corrected chi connectivity index (χ0v) is 10.3. The third kappa shape index (κ3) is 3.28. The van der Waals surface area contributed by atoms with Crippen LogP contribution in [0.3, 0.4) is 0 Å². The number of ether oxygens (including phenoxy) is 1. The van der Waals surface area contributed by atoms with E-state index in [4.69, 9.17) is 5.73 Å². The predicted molar refractivity (Wildman–Crippen MR) is 64.6 cm³/mol. The molecule has 2 atom stereocenters. The van der Waals surface area contributed by atoms with E-state index < -0.39 is 34.7 Å². The van der Waals surface area contributed by atoms with Gasteiger partial charge < -0.3 is 20.7 Å². The molecule has 1 aromatic carbocycles. The van der Waals surface area contributed by atoms with Gasteiger partial charge in [0.1, 0.15) is 6.10 Å². The molecule has 0 saturated heterocycles. The number of carbonyl (C=O) groups is 2. The summed E-state index contributed by atoms with van der Waals surface area (Å²) >= 11 is 0. The summed E-state index contributed by atoms with van der Waals surface area (Å²) in [5.74, 6) is -2.07. The standard InChI is InChI=1S/C11H12N2O7/c1-20-11(17)6-2-5(3-7(4-6)13(18)19)8(14)9(15)10(12)16/h2-4,8-9,14-15H,1H3,(H2,12,16). The summed E-state index contributed by atoms with van der Waals surface area (Å²) in [5.41, 5.74) is 3.92. The van der Waals surface area contributed by atoms with Gasteiger partial charge in [-0.25, -0.2) is 4.79 Å². The number of non-ortho nitro benzene ring substituents is 1. The number of aliphatic hydroxyl groups is 2. The van der Waals surface area contributed by atoms with Gasteiger partial charge in [0.25, 0.3) is 5.69 Å². The van der Waals surface area contributed by atoms with Crippen LogP contribution in [0.25, 0.3) is 0 Å². The van der Waals surface area contributed by atoms with Crippen LogP contribution >= 0.6 is 0 Å². The van der Waals surface area contributed by atoms with Crippen LogP contribution in [0.5, 0.6) is 0 Å². The van der Waals surface area contributed by atoms with E-state index in [0.29, 0.717) is 0 Å². The average Bonchev–Trinajstić information content (AvgIpc) is 2.43. The molecule has 0 spiro atoms. The minimum Gasteiger partial charge on any atom is -0.465 e. The number of nitrogens with zero attached hydrogens (tertiary/aromatic N) is 1. The molecule has 9 heteroatoms. The highest BCUT2D eigenvalue weighted by molar-refractivity contribution is 5.90. The Morgan fingerprint density at radius 2 is 1.95 bits per heavy atom. The van der Waals surface area contributed by atoms with Gasteiger partial charge in [0.2, 0.25) is 5.91 Å². The maximum absolute atomic E-state index is 11.4. The molecule has 2 unspecified atom stereocenters. The van der Waals surface area contributed by atoms with E-state index in [1.165, 1.54) is 0 Å². The monoisotopic (exact) mass is 284 g/mol. The molecule has 20 heavy (non-hydrogen) atoms. The van der Waals surface area contributed by atoms with Crippen LogP contribution in [-0.2, 0) is 9.53 Å². The SMILES string of the molecule is COC(=O)c1cc(C(O)C(O)C(N)=O)cc([N+](=O)[O-])c1. The largest absolute Gasteiger partial charge is 0.465 e. The summed E-state index contributed by atoms with van der Waals surface area (Å²) in [7, 11) is 1.08. The first-order valence-electron chi connectivity index (χ1n) is 5.31. The number of nitrogens with two attached hydrogens (primary N) is 1. The Morgan fingerprint density at radius 1 is 1.35 bits per heavy atom. The molecule has 0 fully saturated rings. The second-order valence-electron chi connectivity index (χ2n) is 3.85. The van der Waals surface area contributed by atoms with Gasteiger partial charge in [-0.05, 0) is 11.6 Å². The fourth-order valence-electron chi connectivity index (χ4n) is 1.48. The van der Waals surface area contributed by atoms with Gasteiger partial charge >= 0.3 is 5.97 Å². The summed E-state index contributed by atoms with van der Waals surface area (Å²) in [5, 5.41) is 29.8. The number of methoxy groups -OCH3 is 1. The lowest BCUT2D eigenvalue weighted by atomic mass is 10.0. The number of aliphatic hydroxyl groups excluding tert-OH is 2. The van der Waals surface area contributed by atoms with Crippen LogP contribution < -0.4 is 5.73 Å². The van der Waals surface area contributed by atoms with Crippen LogP contribution in [0.1, 0.15) is 22.0 Å². The number of benzene rings is 1. The van der Waals surface area contributed by atoms with E-state index in [2.05, 4.69) is 4.74 Å². The van der Waals surface area contributed by atoms with Crippen molar-refractivity contribution in [2.75, 3.05) is 7.11 Å². The molecule has 0 radical (unpaired) electrons. The number of nitro benzene ring substituents is 1. The molecule has 0 bridgehead atoms. The number of carbonyl (C=O) groups excluding carboxylic acids is 2. The number of esters is 1. The lowest BCUT2D eigenvalue weighted by molar-refractivity contribution is -0.385. The Morgan fingerprint density at radius 3 is 2.40 bits per heavy atom. The van der Waals surface area contributed by atoms with Crippen molar-refractivity contribution in [1.29, 1.82) is 0 Å². The second-order valence-corrected chi connectivity index (χ2v) is 3.85. The summed E-state index contributed by atoms with van der Waals surface area (Å²) in [6.07, 6.45) is -3.75. The number of amides is 1. The molecule has 0 heterocycles. The topological polar surface area (TPSA) is 153 Å². The third-order valence-electron chi connectivity index (χ3n) is 2.50. The van der Waals surface area contributed by atoms with Crippen LogP contribution in [-0.4, -0.2) is 40.2 Å². The molecule has 4 N–H and O–H groups in total. The highest BCUT2D eigenvalue weighted by atomic mass is 16.6. The Hall–Kier alpha value is -2.52. The molecule has 1 amide bonds. The summed E-state index contributed by atoms with van der Waals surface area (Å²) < 4.78 is 4.42. The van der Waals surface area contributed by atoms with Crippen molar-refractivity contribution in [3.8, 4) is 0 Å². The molecule has 9 nitrogen and oxygen atoms in total. The van der Waals surface area contributed by atoms with E-state index in [9.17, 15) is 29.9 Å². The van der Waals surface area contributed by atoms with Crippen molar-refractivity contribution in [2.45, 2.75) is 12.2 Å². The quantitative estimate of drug-likeness (QED) is 0.365. The van der Waals surface area contributed by atoms with Gasteiger partial charge in [-0.15, -0.1) is 0 Å². The van der Waals surface area contributed by atoms with Crippen LogP contribution in [0.15, 0.2) is 18.2 Å². The van der Waals surface area contributed by atoms with Crippen molar-refractivity contribution >= 4 is 17.6 Å². The minimum absolute atomic E-state index is 0.201. The van der Waals surface area contributed by atoms with E-state index in [0.717, 1.165) is 25.3 Å². The van der Waals surface area contributed by atoms with Gasteiger partial charge in [0, 0.05) is 12.1 Å². The van der Waals surface area contributed by atoms with Crippen LogP contribution in [0.4, 0.5) is 5.69 Å². The fourth-order valence-corrected chi connectivity index (χ4v) is 1.48. The number of primary amides is 1. The van der Waals surface area contributed by atoms with Crippen molar-refractivity contribution < 1.29 is 29.5 Å². The summed E-state index contributed by atoms with van der Waals surface area (Å²) in [6.45, 7) is 0. The highest BCUT2D eigenvalue weighted by Crippen LogP contribution is 2.24. The van der Waals surface area contributed by atoms with Crippen molar-refractivity contribution in [1.82, 2.24) is 0 Å². The van der Waals surface area contributed by atoms with Gasteiger partial charge in [0.15, 0.2) is 6.10 Å². The Labute approximate surface area is 112 Å².